The minimum absolute atomic E-state index is 0.238. The Labute approximate surface area is 180 Å². The van der Waals surface area contributed by atoms with Crippen molar-refractivity contribution in [2.45, 2.75) is 32.7 Å². The van der Waals surface area contributed by atoms with Crippen molar-refractivity contribution in [2.75, 3.05) is 12.8 Å². The average Bonchev–Trinajstić information content (AvgIpc) is 2.72. The lowest BCUT2D eigenvalue weighted by Gasteiger charge is -2.24. The third kappa shape index (κ3) is 5.95. The number of halogens is 2. The number of hydrogen-bond donors (Lipinski definition) is 2. The van der Waals surface area contributed by atoms with Crippen LogP contribution < -0.4 is 15.8 Å². The van der Waals surface area contributed by atoms with E-state index in [1.165, 1.54) is 0 Å². The van der Waals surface area contributed by atoms with Crippen LogP contribution in [0.4, 0.5) is 5.69 Å². The van der Waals surface area contributed by atoms with Crippen LogP contribution >= 0.6 is 23.2 Å². The van der Waals surface area contributed by atoms with E-state index in [1.54, 1.807) is 50.5 Å². The number of nitrogens with zero attached hydrogens (tertiary/aromatic N) is 2. The van der Waals surface area contributed by atoms with Gasteiger partial charge in [0.25, 0.3) is 0 Å². The van der Waals surface area contributed by atoms with Gasteiger partial charge in [0.1, 0.15) is 5.75 Å². The Hall–Kier alpha value is -2.57. The number of carbonyl (C=O) groups is 1. The summed E-state index contributed by atoms with van der Waals surface area (Å²) in [5, 5.41) is 4.12. The van der Waals surface area contributed by atoms with E-state index in [1.807, 2.05) is 13.0 Å². The molecule has 0 bridgehead atoms. The molecule has 0 radical (unpaired) electrons. The molecule has 0 spiro atoms. The molecular formula is C21H24Cl2N4O2. The van der Waals surface area contributed by atoms with Crippen molar-refractivity contribution in [2.24, 2.45) is 9.98 Å². The Kier molecular flexibility index (Phi) is 8.49. The van der Waals surface area contributed by atoms with Crippen molar-refractivity contribution < 1.29 is 9.53 Å². The second-order valence-corrected chi connectivity index (χ2v) is 6.92. The van der Waals surface area contributed by atoms with Crippen LogP contribution in [0.5, 0.6) is 5.75 Å². The van der Waals surface area contributed by atoms with Gasteiger partial charge in [-0.3, -0.25) is 9.79 Å². The number of nitrogens with two attached hydrogens (primary N) is 1. The fourth-order valence-corrected chi connectivity index (χ4v) is 3.03. The molecule has 0 aliphatic rings. The van der Waals surface area contributed by atoms with Crippen LogP contribution in [0.3, 0.4) is 0 Å². The number of aliphatic imine (C=N–C) groups is 2. The topological polar surface area (TPSA) is 89.1 Å². The standard InChI is InChI=1S/C21H24Cl2N4O2/c1-4-11-26-21(25-3)27-20(14-7-6-8-16(24)19(14)23)15-12-13(22)9-10-17(15)29-18(28)5-2/h6-12,20H,4-5,24H2,1-3H3,(H,25,27)/b26-11-. The fourth-order valence-electron chi connectivity index (χ4n) is 2.61. The maximum absolute atomic E-state index is 11.9. The summed E-state index contributed by atoms with van der Waals surface area (Å²) in [5.74, 6) is 0.398. The highest BCUT2D eigenvalue weighted by Gasteiger charge is 2.24. The Balaban J connectivity index is 2.64. The first-order valence-corrected chi connectivity index (χ1v) is 9.96. The summed E-state index contributed by atoms with van der Waals surface area (Å²) < 4.78 is 5.53. The van der Waals surface area contributed by atoms with Crippen molar-refractivity contribution in [3.63, 3.8) is 0 Å². The van der Waals surface area contributed by atoms with Crippen molar-refractivity contribution in [3.05, 3.63) is 57.6 Å². The zero-order valence-electron chi connectivity index (χ0n) is 16.6. The fraction of sp³-hybridized carbons (Fsp3) is 0.286. The summed E-state index contributed by atoms with van der Waals surface area (Å²) in [7, 11) is 1.63. The van der Waals surface area contributed by atoms with E-state index >= 15 is 0 Å². The van der Waals surface area contributed by atoms with E-state index in [9.17, 15) is 4.79 Å². The molecule has 1 unspecified atom stereocenters. The number of nitrogen functional groups attached to an aromatic ring is 1. The van der Waals surface area contributed by atoms with Gasteiger partial charge in [-0.15, -0.1) is 0 Å². The lowest BCUT2D eigenvalue weighted by atomic mass is 9.97. The molecule has 3 N–H and O–H groups in total. The number of esters is 1. The molecule has 8 heteroatoms. The summed E-state index contributed by atoms with van der Waals surface area (Å²) in [6.45, 7) is 3.70. The number of nitrogens with one attached hydrogen (secondary N) is 1. The van der Waals surface area contributed by atoms with Gasteiger partial charge in [-0.2, -0.15) is 0 Å². The van der Waals surface area contributed by atoms with Crippen LogP contribution in [0.15, 0.2) is 46.4 Å². The number of anilines is 1. The molecule has 0 aromatic heterocycles. The molecule has 0 saturated heterocycles. The Morgan fingerprint density at radius 3 is 2.66 bits per heavy atom. The highest BCUT2D eigenvalue weighted by molar-refractivity contribution is 6.34. The molecule has 0 aliphatic carbocycles. The van der Waals surface area contributed by atoms with E-state index in [-0.39, 0.29) is 12.4 Å². The minimum atomic E-state index is -0.558. The van der Waals surface area contributed by atoms with Gasteiger partial charge < -0.3 is 15.8 Å². The molecule has 0 aliphatic heterocycles. The summed E-state index contributed by atoms with van der Waals surface area (Å²) in [6, 6.07) is 9.81. The first kappa shape index (κ1) is 22.7. The maximum Gasteiger partial charge on any atom is 0.310 e. The zero-order valence-corrected chi connectivity index (χ0v) is 18.1. The molecule has 2 aromatic carbocycles. The van der Waals surface area contributed by atoms with Gasteiger partial charge in [-0.25, -0.2) is 4.99 Å². The first-order valence-electron chi connectivity index (χ1n) is 9.21. The number of carbonyl (C=O) groups excluding carboxylic acids is 1. The predicted molar refractivity (Wildman–Crippen MR) is 120 cm³/mol. The lowest BCUT2D eigenvalue weighted by molar-refractivity contribution is -0.134. The van der Waals surface area contributed by atoms with Gasteiger partial charge in [0.15, 0.2) is 0 Å². The van der Waals surface area contributed by atoms with Crippen LogP contribution in [0, 0.1) is 0 Å². The Morgan fingerprint density at radius 2 is 2.00 bits per heavy atom. The van der Waals surface area contributed by atoms with Gasteiger partial charge in [-0.1, -0.05) is 49.2 Å². The van der Waals surface area contributed by atoms with Crippen LogP contribution in [-0.2, 0) is 4.79 Å². The summed E-state index contributed by atoms with van der Waals surface area (Å²) >= 11 is 12.8. The van der Waals surface area contributed by atoms with Gasteiger partial charge in [0.05, 0.1) is 16.8 Å². The second kappa shape index (κ2) is 10.8. The highest BCUT2D eigenvalue weighted by Crippen LogP contribution is 2.37. The minimum Gasteiger partial charge on any atom is -0.426 e. The lowest BCUT2D eigenvalue weighted by Crippen LogP contribution is -2.29. The van der Waals surface area contributed by atoms with Crippen molar-refractivity contribution in [1.82, 2.24) is 5.32 Å². The van der Waals surface area contributed by atoms with Crippen molar-refractivity contribution in [1.29, 1.82) is 0 Å². The van der Waals surface area contributed by atoms with E-state index in [0.29, 0.717) is 38.6 Å². The molecule has 2 rings (SSSR count). The molecular weight excluding hydrogens is 411 g/mol. The average molecular weight is 435 g/mol. The van der Waals surface area contributed by atoms with Gasteiger partial charge in [-0.05, 0) is 36.2 Å². The molecule has 0 amide bonds. The van der Waals surface area contributed by atoms with Crippen LogP contribution in [-0.4, -0.2) is 25.2 Å². The van der Waals surface area contributed by atoms with E-state index in [0.717, 1.165) is 6.42 Å². The third-order valence-electron chi connectivity index (χ3n) is 4.05. The maximum atomic E-state index is 11.9. The predicted octanol–water partition coefficient (Wildman–Crippen LogP) is 5.04. The van der Waals surface area contributed by atoms with Crippen molar-refractivity contribution >= 4 is 47.0 Å². The zero-order chi connectivity index (χ0) is 21.4. The highest BCUT2D eigenvalue weighted by atomic mass is 35.5. The van der Waals surface area contributed by atoms with Crippen molar-refractivity contribution in [3.8, 4) is 5.75 Å². The van der Waals surface area contributed by atoms with Gasteiger partial charge in [0.2, 0.25) is 5.96 Å². The van der Waals surface area contributed by atoms with Crippen LogP contribution in [0.25, 0.3) is 0 Å². The van der Waals surface area contributed by atoms with E-state index in [4.69, 9.17) is 33.7 Å². The third-order valence-corrected chi connectivity index (χ3v) is 4.72. The monoisotopic (exact) mass is 434 g/mol. The smallest absolute Gasteiger partial charge is 0.310 e. The van der Waals surface area contributed by atoms with Crippen LogP contribution in [0.1, 0.15) is 43.9 Å². The SMILES string of the molecule is CC/C=N\C(=NC)NC(c1cc(Cl)ccc1OC(=O)CC)c1cccc(N)c1Cl. The quantitative estimate of drug-likeness (QED) is 0.219. The molecule has 0 saturated carbocycles. The van der Waals surface area contributed by atoms with E-state index in [2.05, 4.69) is 15.3 Å². The number of guanidine groups is 1. The summed E-state index contributed by atoms with van der Waals surface area (Å²) in [4.78, 5) is 20.5. The summed E-state index contributed by atoms with van der Waals surface area (Å²) in [5.41, 5.74) is 7.73. The molecule has 154 valence electrons. The normalized spacial score (nSPS) is 12.8. The van der Waals surface area contributed by atoms with Gasteiger partial charge >= 0.3 is 5.97 Å². The molecule has 6 nitrogen and oxygen atoms in total. The molecule has 29 heavy (non-hydrogen) atoms. The molecule has 0 heterocycles. The number of benzene rings is 2. The molecule has 1 atom stereocenters. The number of hydrogen-bond acceptors (Lipinski definition) is 4. The number of ether oxygens (including phenoxy) is 1. The molecule has 2 aromatic rings. The van der Waals surface area contributed by atoms with Gasteiger partial charge in [0, 0.05) is 30.3 Å². The molecule has 0 fully saturated rings. The number of rotatable bonds is 6. The second-order valence-electron chi connectivity index (χ2n) is 6.10. The largest absolute Gasteiger partial charge is 0.426 e. The Morgan fingerprint density at radius 1 is 1.24 bits per heavy atom. The first-order chi connectivity index (χ1) is 13.9. The van der Waals surface area contributed by atoms with E-state index < -0.39 is 6.04 Å². The summed E-state index contributed by atoms with van der Waals surface area (Å²) in [6.07, 6.45) is 2.73. The Bertz CT molecular complexity index is 929. The van der Waals surface area contributed by atoms with Crippen LogP contribution in [0.2, 0.25) is 10.0 Å².